The van der Waals surface area contributed by atoms with Gasteiger partial charge in [-0.3, -0.25) is 4.79 Å². The van der Waals surface area contributed by atoms with Crippen LogP contribution >= 0.6 is 24.4 Å². The van der Waals surface area contributed by atoms with Crippen LogP contribution in [0, 0.1) is 0 Å². The molecular weight excluding hydrogens is 385 g/mol. The summed E-state index contributed by atoms with van der Waals surface area (Å²) < 4.78 is 0. The molecule has 0 saturated carbocycles. The summed E-state index contributed by atoms with van der Waals surface area (Å²) in [5.41, 5.74) is 6.20. The molecule has 2 aromatic rings. The zero-order valence-corrected chi connectivity index (χ0v) is 18.0. The Morgan fingerprint density at radius 1 is 1.00 bits per heavy atom. The topological polar surface area (TPSA) is 63.3 Å². The number of amides is 1. The molecule has 1 unspecified atom stereocenters. The van der Waals surface area contributed by atoms with Gasteiger partial charge in [0.2, 0.25) is 5.91 Å². The highest BCUT2D eigenvalue weighted by Gasteiger charge is 2.21. The van der Waals surface area contributed by atoms with Gasteiger partial charge in [0.05, 0.1) is 0 Å². The predicted molar refractivity (Wildman–Crippen MR) is 125 cm³/mol. The summed E-state index contributed by atoms with van der Waals surface area (Å²) in [6.45, 7) is 0. The van der Waals surface area contributed by atoms with Crippen LogP contribution in [0.3, 0.4) is 0 Å². The van der Waals surface area contributed by atoms with E-state index in [1.165, 1.54) is 11.1 Å². The lowest BCUT2D eigenvalue weighted by Crippen LogP contribution is -2.34. The molecule has 0 fully saturated rings. The summed E-state index contributed by atoms with van der Waals surface area (Å²) in [7, 11) is 5.58. The SMILES string of the molecule is SCc1ccccc1.[B]C(O)(CCCCCSCc1ccccc1)CC(N)=O. The Bertz CT molecular complexity index is 654. The number of carbonyl (C=O) groups is 1. The first kappa shape index (κ1) is 24.7. The lowest BCUT2D eigenvalue weighted by Gasteiger charge is -2.21. The van der Waals surface area contributed by atoms with Gasteiger partial charge in [-0.15, -0.1) is 0 Å². The minimum atomic E-state index is -1.44. The van der Waals surface area contributed by atoms with Crippen molar-refractivity contribution in [1.29, 1.82) is 0 Å². The highest BCUT2D eigenvalue weighted by atomic mass is 32.2. The molecule has 0 saturated heterocycles. The van der Waals surface area contributed by atoms with E-state index in [1.54, 1.807) is 0 Å². The molecule has 0 spiro atoms. The van der Waals surface area contributed by atoms with Crippen molar-refractivity contribution in [2.45, 2.75) is 49.1 Å². The van der Waals surface area contributed by atoms with Crippen LogP contribution in [0.2, 0.25) is 0 Å². The number of hydrogen-bond donors (Lipinski definition) is 3. The average molecular weight is 415 g/mol. The van der Waals surface area contributed by atoms with Crippen LogP contribution in [0.5, 0.6) is 0 Å². The third-order valence-corrected chi connectivity index (χ3v) is 5.50. The number of thiol groups is 1. The molecule has 0 aromatic heterocycles. The van der Waals surface area contributed by atoms with Crippen molar-refractivity contribution in [3.8, 4) is 0 Å². The number of unbranched alkanes of at least 4 members (excludes halogenated alkanes) is 2. The zero-order chi connectivity index (χ0) is 20.7. The molecule has 150 valence electrons. The first-order valence-electron chi connectivity index (χ1n) is 9.49. The molecule has 2 rings (SSSR count). The molecule has 1 atom stereocenters. The molecule has 3 N–H and O–H groups in total. The van der Waals surface area contributed by atoms with Crippen molar-refractivity contribution in [2.75, 3.05) is 5.75 Å². The van der Waals surface area contributed by atoms with Gasteiger partial charge in [-0.25, -0.2) is 0 Å². The fourth-order valence-corrected chi connectivity index (χ4v) is 3.74. The number of aliphatic hydroxyl groups is 1. The average Bonchev–Trinajstić information content (AvgIpc) is 2.68. The van der Waals surface area contributed by atoms with Gasteiger partial charge in [-0.1, -0.05) is 73.5 Å². The fraction of sp³-hybridized carbons (Fsp3) is 0.409. The number of benzene rings is 2. The monoisotopic (exact) mass is 415 g/mol. The highest BCUT2D eigenvalue weighted by molar-refractivity contribution is 7.98. The minimum absolute atomic E-state index is 0.171. The maximum absolute atomic E-state index is 10.7. The zero-order valence-electron chi connectivity index (χ0n) is 16.3. The Kier molecular flexibility index (Phi) is 12.9. The van der Waals surface area contributed by atoms with Crippen molar-refractivity contribution in [2.24, 2.45) is 5.73 Å². The Labute approximate surface area is 180 Å². The molecule has 0 aliphatic rings. The van der Waals surface area contributed by atoms with Crippen LogP contribution in [0.1, 0.15) is 43.2 Å². The van der Waals surface area contributed by atoms with E-state index in [4.69, 9.17) is 13.6 Å². The van der Waals surface area contributed by atoms with E-state index in [1.807, 2.05) is 36.0 Å². The molecule has 1 amide bonds. The maximum Gasteiger partial charge on any atom is 0.219 e. The van der Waals surface area contributed by atoms with E-state index in [2.05, 4.69) is 49.0 Å². The van der Waals surface area contributed by atoms with Crippen LogP contribution in [0.25, 0.3) is 0 Å². The Morgan fingerprint density at radius 3 is 2.07 bits per heavy atom. The van der Waals surface area contributed by atoms with Crippen molar-refractivity contribution in [3.05, 3.63) is 71.8 Å². The summed E-state index contributed by atoms with van der Waals surface area (Å²) >= 11 is 6.02. The van der Waals surface area contributed by atoms with E-state index in [0.29, 0.717) is 6.42 Å². The second kappa shape index (κ2) is 14.6. The highest BCUT2D eigenvalue weighted by Crippen LogP contribution is 2.18. The van der Waals surface area contributed by atoms with Crippen molar-refractivity contribution in [3.63, 3.8) is 0 Å². The van der Waals surface area contributed by atoms with Gasteiger partial charge < -0.3 is 10.8 Å². The Balaban J connectivity index is 0.000000406. The molecule has 28 heavy (non-hydrogen) atoms. The molecule has 2 aromatic carbocycles. The fourth-order valence-electron chi connectivity index (χ4n) is 2.55. The van der Waals surface area contributed by atoms with Crippen molar-refractivity contribution in [1.82, 2.24) is 0 Å². The van der Waals surface area contributed by atoms with Crippen LogP contribution < -0.4 is 5.73 Å². The Hall–Kier alpha value is -1.37. The molecule has 3 nitrogen and oxygen atoms in total. The van der Waals surface area contributed by atoms with Crippen molar-refractivity contribution >= 4 is 38.1 Å². The molecule has 0 aliphatic heterocycles. The number of primary amides is 1. The van der Waals surface area contributed by atoms with Crippen molar-refractivity contribution < 1.29 is 9.90 Å². The molecule has 2 radical (unpaired) electrons. The Morgan fingerprint density at radius 2 is 1.57 bits per heavy atom. The normalized spacial score (nSPS) is 12.5. The lowest BCUT2D eigenvalue weighted by molar-refractivity contribution is -0.120. The summed E-state index contributed by atoms with van der Waals surface area (Å²) in [5, 5.41) is 9.71. The molecule has 0 aliphatic carbocycles. The van der Waals surface area contributed by atoms with Gasteiger partial charge in [0.15, 0.2) is 0 Å². The van der Waals surface area contributed by atoms with Gasteiger partial charge in [0, 0.05) is 23.4 Å². The van der Waals surface area contributed by atoms with Gasteiger partial charge in [0.25, 0.3) is 0 Å². The van der Waals surface area contributed by atoms with E-state index < -0.39 is 11.4 Å². The lowest BCUT2D eigenvalue weighted by atomic mass is 9.75. The number of rotatable bonds is 11. The van der Waals surface area contributed by atoms with Crippen LogP contribution in [0.15, 0.2) is 60.7 Å². The third kappa shape index (κ3) is 12.9. The van der Waals surface area contributed by atoms with E-state index >= 15 is 0 Å². The third-order valence-electron chi connectivity index (χ3n) is 4.02. The van der Waals surface area contributed by atoms with Gasteiger partial charge in [-0.2, -0.15) is 24.4 Å². The largest absolute Gasteiger partial charge is 0.399 e. The first-order valence-corrected chi connectivity index (χ1v) is 11.3. The second-order valence-electron chi connectivity index (χ2n) is 6.74. The first-order chi connectivity index (χ1) is 13.4. The van der Waals surface area contributed by atoms with Crippen LogP contribution in [-0.2, 0) is 16.3 Å². The molecule has 0 heterocycles. The standard InChI is InChI=1S/C15H22BNO2S.C7H8S/c16-15(19,11-14(17)18)9-5-2-6-10-20-12-13-7-3-1-4-8-13;8-6-7-4-2-1-3-5-7/h1,3-4,7-8,19H,2,5-6,9-12H2,(H2,17,18);1-5,8H,6H2. The van der Waals surface area contributed by atoms with Gasteiger partial charge >= 0.3 is 0 Å². The van der Waals surface area contributed by atoms with E-state index in [0.717, 1.165) is 36.5 Å². The quantitative estimate of drug-likeness (QED) is 0.291. The second-order valence-corrected chi connectivity index (χ2v) is 8.16. The number of carbonyl (C=O) groups excluding carboxylic acids is 1. The summed E-state index contributed by atoms with van der Waals surface area (Å²) in [6.07, 6.45) is 3.14. The van der Waals surface area contributed by atoms with Crippen LogP contribution in [-0.4, -0.2) is 30.1 Å². The van der Waals surface area contributed by atoms with Gasteiger partial charge in [0.1, 0.15) is 7.85 Å². The minimum Gasteiger partial charge on any atom is -0.399 e. The number of nitrogens with two attached hydrogens (primary N) is 1. The van der Waals surface area contributed by atoms with E-state index in [9.17, 15) is 9.90 Å². The number of thioether (sulfide) groups is 1. The molecule has 0 bridgehead atoms. The molecule has 6 heteroatoms. The summed E-state index contributed by atoms with van der Waals surface area (Å²) in [6, 6.07) is 20.6. The van der Waals surface area contributed by atoms with Gasteiger partial charge in [-0.05, 0) is 29.7 Å². The summed E-state index contributed by atoms with van der Waals surface area (Å²) in [4.78, 5) is 10.7. The smallest absolute Gasteiger partial charge is 0.219 e. The van der Waals surface area contributed by atoms with Crippen LogP contribution in [0.4, 0.5) is 0 Å². The summed E-state index contributed by atoms with van der Waals surface area (Å²) in [5.74, 6) is 2.39. The predicted octanol–water partition coefficient (Wildman–Crippen LogP) is 4.33. The maximum atomic E-state index is 10.7. The van der Waals surface area contributed by atoms with E-state index in [-0.39, 0.29) is 6.42 Å². The molecular formula is C22H30BNO2S2. The number of hydrogen-bond acceptors (Lipinski definition) is 4.